The quantitative estimate of drug-likeness (QED) is 0.798. The van der Waals surface area contributed by atoms with Crippen molar-refractivity contribution >= 4 is 12.1 Å². The van der Waals surface area contributed by atoms with Crippen LogP contribution in [0.1, 0.15) is 53.4 Å². The van der Waals surface area contributed by atoms with Crippen molar-refractivity contribution in [1.82, 2.24) is 15.1 Å². The fraction of sp³-hybridized carbons (Fsp3) is 0.889. The van der Waals surface area contributed by atoms with Crippen LogP contribution in [0.3, 0.4) is 0 Å². The molecule has 0 aromatic rings. The van der Waals surface area contributed by atoms with E-state index in [9.17, 15) is 9.59 Å². The number of hydrogen-bond acceptors (Lipinski definition) is 3. The Hall–Kier alpha value is -1.46. The minimum atomic E-state index is -0.483. The Morgan fingerprint density at radius 1 is 1.12 bits per heavy atom. The minimum absolute atomic E-state index is 0.0207. The summed E-state index contributed by atoms with van der Waals surface area (Å²) < 4.78 is 5.64. The summed E-state index contributed by atoms with van der Waals surface area (Å²) in [7, 11) is 1.67. The van der Waals surface area contributed by atoms with Gasteiger partial charge in [0.05, 0.1) is 0 Å². The van der Waals surface area contributed by atoms with E-state index in [0.29, 0.717) is 11.8 Å². The first-order valence-electron chi connectivity index (χ1n) is 9.17. The van der Waals surface area contributed by atoms with E-state index in [1.165, 1.54) is 0 Å². The topological polar surface area (TPSA) is 61.9 Å². The molecular formula is C18H33N3O3. The van der Waals surface area contributed by atoms with Gasteiger partial charge in [-0.3, -0.25) is 0 Å². The third-order valence-corrected chi connectivity index (χ3v) is 5.00. The molecule has 0 saturated carbocycles. The summed E-state index contributed by atoms with van der Waals surface area (Å²) >= 11 is 0. The summed E-state index contributed by atoms with van der Waals surface area (Å²) in [6.45, 7) is 10.2. The number of carbonyl (C=O) groups is 2. The van der Waals surface area contributed by atoms with Crippen molar-refractivity contribution in [2.45, 2.75) is 65.0 Å². The van der Waals surface area contributed by atoms with Gasteiger partial charge in [0.1, 0.15) is 5.60 Å². The van der Waals surface area contributed by atoms with Crippen LogP contribution < -0.4 is 5.32 Å². The molecule has 24 heavy (non-hydrogen) atoms. The molecule has 0 bridgehead atoms. The molecule has 2 heterocycles. The first-order valence-corrected chi connectivity index (χ1v) is 9.17. The van der Waals surface area contributed by atoms with Crippen LogP contribution in [0.4, 0.5) is 9.59 Å². The van der Waals surface area contributed by atoms with Gasteiger partial charge in [0.2, 0.25) is 0 Å². The molecule has 6 heteroatoms. The summed E-state index contributed by atoms with van der Waals surface area (Å²) in [4.78, 5) is 28.5. The Balaban J connectivity index is 2.10. The van der Waals surface area contributed by atoms with Crippen LogP contribution in [-0.2, 0) is 4.74 Å². The molecule has 0 spiro atoms. The molecule has 0 aromatic carbocycles. The molecule has 6 nitrogen and oxygen atoms in total. The van der Waals surface area contributed by atoms with Gasteiger partial charge in [0, 0.05) is 32.7 Å². The third kappa shape index (κ3) is 4.77. The Labute approximate surface area is 145 Å². The van der Waals surface area contributed by atoms with Crippen LogP contribution in [-0.4, -0.2) is 60.2 Å². The van der Waals surface area contributed by atoms with Gasteiger partial charge in [-0.25, -0.2) is 9.59 Å². The summed E-state index contributed by atoms with van der Waals surface area (Å²) in [6, 6.07) is 0.149. The highest BCUT2D eigenvalue weighted by atomic mass is 16.6. The van der Waals surface area contributed by atoms with E-state index in [4.69, 9.17) is 4.74 Å². The van der Waals surface area contributed by atoms with Crippen molar-refractivity contribution in [1.29, 1.82) is 0 Å². The lowest BCUT2D eigenvalue weighted by molar-refractivity contribution is -0.0113. The lowest BCUT2D eigenvalue weighted by Gasteiger charge is -2.45. The highest BCUT2D eigenvalue weighted by Crippen LogP contribution is 2.32. The molecule has 2 aliphatic rings. The van der Waals surface area contributed by atoms with E-state index in [2.05, 4.69) is 12.2 Å². The highest BCUT2D eigenvalue weighted by Gasteiger charge is 2.39. The number of likely N-dealkylation sites (tertiary alicyclic amines) is 2. The molecule has 2 aliphatic heterocycles. The molecular weight excluding hydrogens is 306 g/mol. The Morgan fingerprint density at radius 3 is 2.46 bits per heavy atom. The number of piperidine rings is 2. The van der Waals surface area contributed by atoms with Gasteiger partial charge in [-0.05, 0) is 58.3 Å². The second-order valence-corrected chi connectivity index (χ2v) is 8.29. The smallest absolute Gasteiger partial charge is 0.410 e. The van der Waals surface area contributed by atoms with Gasteiger partial charge >= 0.3 is 12.1 Å². The van der Waals surface area contributed by atoms with Gasteiger partial charge in [-0.1, -0.05) is 6.92 Å². The molecule has 2 saturated heterocycles. The predicted molar refractivity (Wildman–Crippen MR) is 93.9 cm³/mol. The summed E-state index contributed by atoms with van der Waals surface area (Å²) in [5.41, 5.74) is -0.483. The number of ether oxygens (including phenoxy) is 1. The number of amides is 3. The number of nitrogens with one attached hydrogen (secondary N) is 1. The van der Waals surface area contributed by atoms with Crippen molar-refractivity contribution in [2.75, 3.05) is 26.7 Å². The van der Waals surface area contributed by atoms with Crippen molar-refractivity contribution in [3.05, 3.63) is 0 Å². The van der Waals surface area contributed by atoms with Crippen molar-refractivity contribution in [3.8, 4) is 0 Å². The van der Waals surface area contributed by atoms with Crippen LogP contribution in [0.2, 0.25) is 0 Å². The Morgan fingerprint density at radius 2 is 1.83 bits per heavy atom. The summed E-state index contributed by atoms with van der Waals surface area (Å²) in [5, 5.41) is 2.71. The number of rotatable bonds is 1. The largest absolute Gasteiger partial charge is 0.444 e. The fourth-order valence-electron chi connectivity index (χ4n) is 3.86. The van der Waals surface area contributed by atoms with Crippen LogP contribution in [0.5, 0.6) is 0 Å². The highest BCUT2D eigenvalue weighted by molar-refractivity contribution is 5.74. The number of hydrogen-bond donors (Lipinski definition) is 1. The zero-order chi connectivity index (χ0) is 17.9. The lowest BCUT2D eigenvalue weighted by atomic mass is 9.82. The molecule has 3 amide bonds. The summed E-state index contributed by atoms with van der Waals surface area (Å²) in [6.07, 6.45) is 3.96. The Bertz CT molecular complexity index is 461. The standard InChI is InChI=1S/C18H33N3O3/c1-13-8-9-15(21(11-13)17(23)24-18(2,3)4)14-7-6-10-20(12-14)16(22)19-5/h13-15H,6-12H2,1-5H3,(H,19,22)/t13-,14+,15+/m0/s1. The van der Waals surface area contributed by atoms with E-state index in [1.807, 2.05) is 30.6 Å². The van der Waals surface area contributed by atoms with Crippen molar-refractivity contribution < 1.29 is 14.3 Å². The zero-order valence-corrected chi connectivity index (χ0v) is 15.8. The average Bonchev–Trinajstić information content (AvgIpc) is 2.52. The molecule has 0 radical (unpaired) electrons. The van der Waals surface area contributed by atoms with Crippen LogP contribution in [0.15, 0.2) is 0 Å². The van der Waals surface area contributed by atoms with Crippen LogP contribution >= 0.6 is 0 Å². The first kappa shape index (κ1) is 18.9. The molecule has 1 N–H and O–H groups in total. The second kappa shape index (κ2) is 7.62. The zero-order valence-electron chi connectivity index (χ0n) is 15.8. The van der Waals surface area contributed by atoms with Gasteiger partial charge in [-0.15, -0.1) is 0 Å². The van der Waals surface area contributed by atoms with E-state index in [-0.39, 0.29) is 18.2 Å². The monoisotopic (exact) mass is 339 g/mol. The minimum Gasteiger partial charge on any atom is -0.444 e. The average molecular weight is 339 g/mol. The van der Waals surface area contributed by atoms with E-state index in [1.54, 1.807) is 7.05 Å². The molecule has 2 rings (SSSR count). The predicted octanol–water partition coefficient (Wildman–Crippen LogP) is 3.07. The fourth-order valence-corrected chi connectivity index (χ4v) is 3.86. The maximum absolute atomic E-state index is 12.7. The summed E-state index contributed by atoms with van der Waals surface area (Å²) in [5.74, 6) is 0.823. The number of carbonyl (C=O) groups excluding carboxylic acids is 2. The van der Waals surface area contributed by atoms with Crippen LogP contribution in [0.25, 0.3) is 0 Å². The Kier molecular flexibility index (Phi) is 5.99. The van der Waals surface area contributed by atoms with Crippen molar-refractivity contribution in [2.24, 2.45) is 11.8 Å². The SMILES string of the molecule is CNC(=O)N1CCC[C@@H]([C@H]2CC[C@H](C)CN2C(=O)OC(C)(C)C)C1. The molecule has 0 aliphatic carbocycles. The third-order valence-electron chi connectivity index (χ3n) is 5.00. The normalized spacial score (nSPS) is 28.5. The molecule has 3 atom stereocenters. The molecule has 2 fully saturated rings. The van der Waals surface area contributed by atoms with Crippen molar-refractivity contribution in [3.63, 3.8) is 0 Å². The molecule has 0 unspecified atom stereocenters. The number of nitrogens with zero attached hydrogens (tertiary/aromatic N) is 2. The van der Waals surface area contributed by atoms with Gasteiger partial charge in [-0.2, -0.15) is 0 Å². The first-order chi connectivity index (χ1) is 11.2. The molecule has 138 valence electrons. The maximum Gasteiger partial charge on any atom is 0.410 e. The van der Waals surface area contributed by atoms with Crippen LogP contribution in [0, 0.1) is 11.8 Å². The molecule has 0 aromatic heterocycles. The lowest BCUT2D eigenvalue weighted by Crippen LogP contribution is -2.55. The van der Waals surface area contributed by atoms with E-state index < -0.39 is 5.60 Å². The second-order valence-electron chi connectivity index (χ2n) is 8.29. The van der Waals surface area contributed by atoms with E-state index in [0.717, 1.165) is 45.3 Å². The van der Waals surface area contributed by atoms with E-state index >= 15 is 0 Å². The number of urea groups is 1. The van der Waals surface area contributed by atoms with Gasteiger partial charge in [0.15, 0.2) is 0 Å². The maximum atomic E-state index is 12.7. The van der Waals surface area contributed by atoms with Gasteiger partial charge in [0.25, 0.3) is 0 Å². The van der Waals surface area contributed by atoms with Gasteiger partial charge < -0.3 is 19.9 Å².